The number of halogens is 5. The zero-order chi connectivity index (χ0) is 14.4. The molecule has 3 aromatic rings. The Morgan fingerprint density at radius 3 is 2.40 bits per heavy atom. The fourth-order valence-corrected chi connectivity index (χ4v) is 2.93. The Morgan fingerprint density at radius 1 is 1.10 bits per heavy atom. The van der Waals surface area contributed by atoms with Crippen molar-refractivity contribution in [3.8, 4) is 11.1 Å². The predicted octanol–water partition coefficient (Wildman–Crippen LogP) is 3.98. The van der Waals surface area contributed by atoms with Crippen LogP contribution in [0.5, 0.6) is 0 Å². The van der Waals surface area contributed by atoms with E-state index >= 15 is 0 Å². The molecular formula is C11H3Cl2F2IN4. The second-order valence-electron chi connectivity index (χ2n) is 3.78. The summed E-state index contributed by atoms with van der Waals surface area (Å²) in [5, 5.41) is 3.63. The molecule has 0 aliphatic rings. The van der Waals surface area contributed by atoms with E-state index in [0.717, 1.165) is 4.52 Å². The van der Waals surface area contributed by atoms with Gasteiger partial charge in [0.15, 0.2) is 0 Å². The fraction of sp³-hybridized carbons (Fsp3) is 0. The number of rotatable bonds is 1. The second-order valence-corrected chi connectivity index (χ2v) is 5.75. The standard InChI is InChI=1S/C11H3Cl2F2IN4/c12-9-8(7-5(14)1-4(16)2-6(7)15)10(13)20-11(19-9)17-3-18-20/h1-3H. The van der Waals surface area contributed by atoms with E-state index in [9.17, 15) is 8.78 Å². The molecule has 0 aliphatic heterocycles. The van der Waals surface area contributed by atoms with E-state index < -0.39 is 11.6 Å². The van der Waals surface area contributed by atoms with Crippen molar-refractivity contribution in [1.82, 2.24) is 19.6 Å². The Labute approximate surface area is 134 Å². The molecule has 2 heterocycles. The molecule has 102 valence electrons. The summed E-state index contributed by atoms with van der Waals surface area (Å²) < 4.78 is 29.7. The number of nitrogens with zero attached hydrogens (tertiary/aromatic N) is 4. The lowest BCUT2D eigenvalue weighted by molar-refractivity contribution is 0.587. The Morgan fingerprint density at radius 2 is 1.75 bits per heavy atom. The van der Waals surface area contributed by atoms with Gasteiger partial charge in [-0.15, -0.1) is 0 Å². The maximum absolute atomic E-state index is 14.0. The van der Waals surface area contributed by atoms with Crippen molar-refractivity contribution in [3.05, 3.63) is 44.0 Å². The summed E-state index contributed by atoms with van der Waals surface area (Å²) in [7, 11) is 0. The van der Waals surface area contributed by atoms with Gasteiger partial charge in [0, 0.05) is 3.57 Å². The van der Waals surface area contributed by atoms with Gasteiger partial charge in [-0.1, -0.05) is 23.2 Å². The molecule has 0 unspecified atom stereocenters. The largest absolute Gasteiger partial charge is 0.255 e. The number of benzene rings is 1. The van der Waals surface area contributed by atoms with Crippen molar-refractivity contribution in [2.45, 2.75) is 0 Å². The van der Waals surface area contributed by atoms with E-state index in [1.807, 2.05) is 22.6 Å². The highest BCUT2D eigenvalue weighted by molar-refractivity contribution is 14.1. The Balaban J connectivity index is 2.40. The Bertz CT molecular complexity index is 814. The third-order valence-corrected chi connectivity index (χ3v) is 3.83. The van der Waals surface area contributed by atoms with Gasteiger partial charge in [-0.25, -0.2) is 8.78 Å². The lowest BCUT2D eigenvalue weighted by Gasteiger charge is -2.10. The number of hydrogen-bond donors (Lipinski definition) is 0. The van der Waals surface area contributed by atoms with Crippen LogP contribution in [0.4, 0.5) is 8.78 Å². The van der Waals surface area contributed by atoms with Crippen LogP contribution in [0.3, 0.4) is 0 Å². The van der Waals surface area contributed by atoms with Crippen molar-refractivity contribution >= 4 is 51.6 Å². The normalized spacial score (nSPS) is 11.2. The van der Waals surface area contributed by atoms with Crippen LogP contribution in [0.25, 0.3) is 16.9 Å². The lowest BCUT2D eigenvalue weighted by atomic mass is 10.1. The molecule has 0 aliphatic carbocycles. The topological polar surface area (TPSA) is 43.1 Å². The monoisotopic (exact) mass is 426 g/mol. The van der Waals surface area contributed by atoms with Crippen LogP contribution in [0.2, 0.25) is 10.3 Å². The van der Waals surface area contributed by atoms with E-state index in [2.05, 4.69) is 15.1 Å². The zero-order valence-corrected chi connectivity index (χ0v) is 13.1. The summed E-state index contributed by atoms with van der Waals surface area (Å²) in [5.74, 6) is -1.41. The molecule has 0 bridgehead atoms. The molecule has 0 fully saturated rings. The van der Waals surface area contributed by atoms with Gasteiger partial charge in [0.2, 0.25) is 0 Å². The van der Waals surface area contributed by atoms with E-state index in [4.69, 9.17) is 23.2 Å². The molecule has 0 spiro atoms. The van der Waals surface area contributed by atoms with Gasteiger partial charge in [0.05, 0.1) is 11.1 Å². The van der Waals surface area contributed by atoms with Crippen molar-refractivity contribution in [2.75, 3.05) is 0 Å². The predicted molar refractivity (Wildman–Crippen MR) is 78.9 cm³/mol. The van der Waals surface area contributed by atoms with Crippen LogP contribution in [0, 0.1) is 15.2 Å². The molecule has 4 nitrogen and oxygen atoms in total. The van der Waals surface area contributed by atoms with Crippen molar-refractivity contribution in [1.29, 1.82) is 0 Å². The summed E-state index contributed by atoms with van der Waals surface area (Å²) in [6.07, 6.45) is 1.22. The van der Waals surface area contributed by atoms with Gasteiger partial charge in [0.1, 0.15) is 28.3 Å². The summed E-state index contributed by atoms with van der Waals surface area (Å²) in [6, 6.07) is 2.36. The van der Waals surface area contributed by atoms with Crippen LogP contribution in [0.1, 0.15) is 0 Å². The maximum atomic E-state index is 14.0. The molecule has 0 N–H and O–H groups in total. The first kappa shape index (κ1) is 13.9. The smallest absolute Gasteiger partial charge is 0.206 e. The average Bonchev–Trinajstić information content (AvgIpc) is 2.80. The highest BCUT2D eigenvalue weighted by Crippen LogP contribution is 2.37. The van der Waals surface area contributed by atoms with Gasteiger partial charge >= 0.3 is 0 Å². The molecule has 0 amide bonds. The van der Waals surface area contributed by atoms with Crippen LogP contribution in [-0.4, -0.2) is 19.6 Å². The summed E-state index contributed by atoms with van der Waals surface area (Å²) in [5.41, 5.74) is -0.400. The molecule has 1 aromatic carbocycles. The average molecular weight is 427 g/mol. The molecule has 0 saturated heterocycles. The van der Waals surface area contributed by atoms with E-state index in [0.29, 0.717) is 3.57 Å². The van der Waals surface area contributed by atoms with E-state index in [1.165, 1.54) is 18.5 Å². The maximum Gasteiger partial charge on any atom is 0.255 e. The quantitative estimate of drug-likeness (QED) is 0.436. The Kier molecular flexibility index (Phi) is 3.51. The molecule has 20 heavy (non-hydrogen) atoms. The second kappa shape index (κ2) is 5.05. The molecule has 0 atom stereocenters. The van der Waals surface area contributed by atoms with Crippen molar-refractivity contribution in [3.63, 3.8) is 0 Å². The highest BCUT2D eigenvalue weighted by atomic mass is 127. The first-order chi connectivity index (χ1) is 9.49. The fourth-order valence-electron chi connectivity index (χ4n) is 1.77. The first-order valence-corrected chi connectivity index (χ1v) is 7.02. The zero-order valence-electron chi connectivity index (χ0n) is 9.41. The van der Waals surface area contributed by atoms with Gasteiger partial charge in [0.25, 0.3) is 5.78 Å². The van der Waals surface area contributed by atoms with Crippen LogP contribution >= 0.6 is 45.8 Å². The van der Waals surface area contributed by atoms with Crippen LogP contribution in [-0.2, 0) is 0 Å². The molecule has 3 rings (SSSR count). The molecule has 2 aromatic heterocycles. The van der Waals surface area contributed by atoms with Gasteiger partial charge in [-0.3, -0.25) is 0 Å². The minimum absolute atomic E-state index is 0.0577. The van der Waals surface area contributed by atoms with Crippen LogP contribution < -0.4 is 0 Å². The van der Waals surface area contributed by atoms with Gasteiger partial charge in [-0.2, -0.15) is 19.6 Å². The number of hydrogen-bond acceptors (Lipinski definition) is 3. The van der Waals surface area contributed by atoms with Gasteiger partial charge in [-0.05, 0) is 34.7 Å². The van der Waals surface area contributed by atoms with E-state index in [-0.39, 0.29) is 27.2 Å². The Hall–Kier alpha value is -1.06. The van der Waals surface area contributed by atoms with Crippen molar-refractivity contribution in [2.24, 2.45) is 0 Å². The minimum Gasteiger partial charge on any atom is -0.206 e. The lowest BCUT2D eigenvalue weighted by Crippen LogP contribution is -2.01. The SMILES string of the molecule is Fc1cc(I)cc(F)c1-c1c(Cl)nc2ncnn2c1Cl. The van der Waals surface area contributed by atoms with Crippen LogP contribution in [0.15, 0.2) is 18.5 Å². The highest BCUT2D eigenvalue weighted by Gasteiger charge is 2.22. The minimum atomic E-state index is -0.778. The summed E-state index contributed by atoms with van der Waals surface area (Å²) >= 11 is 13.9. The summed E-state index contributed by atoms with van der Waals surface area (Å²) in [6.45, 7) is 0. The first-order valence-electron chi connectivity index (χ1n) is 5.18. The van der Waals surface area contributed by atoms with Gasteiger partial charge < -0.3 is 0 Å². The number of fused-ring (bicyclic) bond motifs is 1. The van der Waals surface area contributed by atoms with E-state index in [1.54, 1.807) is 0 Å². The number of aromatic nitrogens is 4. The third-order valence-electron chi connectivity index (χ3n) is 2.58. The molecular weight excluding hydrogens is 424 g/mol. The summed E-state index contributed by atoms with van der Waals surface area (Å²) in [4.78, 5) is 7.73. The molecule has 0 saturated carbocycles. The van der Waals surface area contributed by atoms with Crippen molar-refractivity contribution < 1.29 is 8.78 Å². The molecule has 9 heteroatoms. The third kappa shape index (κ3) is 2.13. The molecule has 0 radical (unpaired) electrons.